The van der Waals surface area contributed by atoms with Crippen molar-refractivity contribution in [2.75, 3.05) is 36.8 Å². The molecule has 3 aliphatic heterocycles. The molecule has 1 aromatic carbocycles. The molecule has 1 amide bonds. The zero-order valence-corrected chi connectivity index (χ0v) is 27.1. The van der Waals surface area contributed by atoms with Crippen LogP contribution in [0.2, 0.25) is 0 Å². The molecule has 5 heterocycles. The second-order valence-electron chi connectivity index (χ2n) is 14.3. The van der Waals surface area contributed by atoms with E-state index in [0.717, 1.165) is 69.5 Å². The molecule has 2 atom stereocenters. The number of amides is 1. The third kappa shape index (κ3) is 6.50. The first kappa shape index (κ1) is 30.7. The number of aromatic nitrogens is 4. The Morgan fingerprint density at radius 1 is 1.00 bits per heavy atom. The number of likely N-dealkylation sites (tertiary alicyclic amines) is 1. The van der Waals surface area contributed by atoms with Crippen molar-refractivity contribution in [3.63, 3.8) is 0 Å². The number of nitrogens with two attached hydrogens (primary N) is 1. The minimum atomic E-state index is -0.471. The van der Waals surface area contributed by atoms with Gasteiger partial charge < -0.3 is 34.7 Å². The van der Waals surface area contributed by atoms with Gasteiger partial charge in [-0.25, -0.2) is 9.78 Å². The summed E-state index contributed by atoms with van der Waals surface area (Å²) in [4.78, 5) is 23.9. The van der Waals surface area contributed by atoms with Crippen molar-refractivity contribution in [1.82, 2.24) is 29.5 Å². The highest BCUT2D eigenvalue weighted by molar-refractivity contribution is 5.74. The number of imidazole rings is 1. The Kier molecular flexibility index (Phi) is 8.26. The molecule has 1 aliphatic carbocycles. The van der Waals surface area contributed by atoms with Crippen LogP contribution in [-0.2, 0) is 16.0 Å². The van der Waals surface area contributed by atoms with E-state index in [0.29, 0.717) is 48.3 Å². The van der Waals surface area contributed by atoms with Crippen molar-refractivity contribution in [2.24, 2.45) is 0 Å². The lowest BCUT2D eigenvalue weighted by atomic mass is 9.88. The number of phenolic OH excluding ortho intramolecular Hbond substituents is 1. The van der Waals surface area contributed by atoms with E-state index >= 15 is 0 Å². The van der Waals surface area contributed by atoms with Gasteiger partial charge in [0, 0.05) is 62.6 Å². The van der Waals surface area contributed by atoms with Gasteiger partial charge in [0.2, 0.25) is 0 Å². The van der Waals surface area contributed by atoms with Gasteiger partial charge in [-0.05, 0) is 77.5 Å². The number of anilines is 2. The predicted octanol–water partition coefficient (Wildman–Crippen LogP) is 4.60. The number of hydrogen-bond donors (Lipinski definition) is 2. The van der Waals surface area contributed by atoms with Gasteiger partial charge in [0.05, 0.1) is 35.6 Å². The summed E-state index contributed by atoms with van der Waals surface area (Å²) in [5, 5.41) is 18.8. The van der Waals surface area contributed by atoms with Gasteiger partial charge in [0.25, 0.3) is 0 Å². The molecule has 246 valence electrons. The monoisotopic (exact) mass is 630 g/mol. The summed E-state index contributed by atoms with van der Waals surface area (Å²) >= 11 is 0. The van der Waals surface area contributed by atoms with Crippen molar-refractivity contribution in [3.05, 3.63) is 48.5 Å². The highest BCUT2D eigenvalue weighted by atomic mass is 16.6. The molecule has 4 aliphatic rings. The highest BCUT2D eigenvalue weighted by Crippen LogP contribution is 2.39. The SMILES string of the molecule is CC(C)(C)OC(=O)N1CCC(OC2CC(n3cnc(CN4C5CCC4CN(c4cc(-c6ccccc6O)nnc4N)C5)c3)C2)CC1. The van der Waals surface area contributed by atoms with E-state index < -0.39 is 5.60 Å². The molecule has 12 heteroatoms. The van der Waals surface area contributed by atoms with E-state index in [4.69, 9.17) is 20.2 Å². The van der Waals surface area contributed by atoms with E-state index in [1.54, 1.807) is 17.0 Å². The number of nitrogens with zero attached hydrogens (tertiary/aromatic N) is 7. The average molecular weight is 631 g/mol. The number of piperidine rings is 1. The number of fused-ring (bicyclic) bond motifs is 2. The van der Waals surface area contributed by atoms with Crippen molar-refractivity contribution in [3.8, 4) is 17.0 Å². The Bertz CT molecular complexity index is 1530. The van der Waals surface area contributed by atoms with Crippen LogP contribution >= 0.6 is 0 Å². The normalized spacial score (nSPS) is 25.5. The first-order chi connectivity index (χ1) is 22.1. The first-order valence-electron chi connectivity index (χ1n) is 16.7. The molecule has 3 saturated heterocycles. The number of piperazine rings is 1. The maximum Gasteiger partial charge on any atom is 0.410 e. The Labute approximate surface area is 270 Å². The summed E-state index contributed by atoms with van der Waals surface area (Å²) in [6.45, 7) is 9.64. The standard InChI is InChI=1S/C34H46N8O4/c1-34(2,3)46-33(44)39-12-10-26(11-13-39)45-27-14-25(15-27)41-17-22(36-21-41)18-42-23-8-9-24(42)20-40(19-23)30-16-29(37-38-32(30)35)28-6-4-5-7-31(28)43/h4-7,16-17,21,23-27,43H,8-15,18-20H2,1-3H3,(H2,35,38). The molecule has 3 aromatic rings. The van der Waals surface area contributed by atoms with Gasteiger partial charge in [0.15, 0.2) is 5.82 Å². The topological polar surface area (TPSA) is 135 Å². The van der Waals surface area contributed by atoms with E-state index in [2.05, 4.69) is 30.8 Å². The van der Waals surface area contributed by atoms with Gasteiger partial charge in [-0.3, -0.25) is 4.90 Å². The van der Waals surface area contributed by atoms with Gasteiger partial charge in [-0.15, -0.1) is 10.2 Å². The molecule has 46 heavy (non-hydrogen) atoms. The second-order valence-corrected chi connectivity index (χ2v) is 14.3. The summed E-state index contributed by atoms with van der Waals surface area (Å²) in [6.07, 6.45) is 10.4. The van der Waals surface area contributed by atoms with Gasteiger partial charge >= 0.3 is 6.09 Å². The van der Waals surface area contributed by atoms with Crippen LogP contribution < -0.4 is 10.6 Å². The van der Waals surface area contributed by atoms with Crippen LogP contribution in [0.15, 0.2) is 42.9 Å². The second kappa shape index (κ2) is 12.4. The molecular weight excluding hydrogens is 584 g/mol. The van der Waals surface area contributed by atoms with Crippen LogP contribution in [0.4, 0.5) is 16.3 Å². The number of carbonyl (C=O) groups is 1. The third-order valence-corrected chi connectivity index (χ3v) is 9.93. The van der Waals surface area contributed by atoms with Crippen molar-refractivity contribution < 1.29 is 19.4 Å². The molecular formula is C34H46N8O4. The van der Waals surface area contributed by atoms with Crippen molar-refractivity contribution in [2.45, 2.75) is 102 Å². The summed E-state index contributed by atoms with van der Waals surface area (Å²) in [5.74, 6) is 0.596. The summed E-state index contributed by atoms with van der Waals surface area (Å²) in [7, 11) is 0. The minimum Gasteiger partial charge on any atom is -0.507 e. The zero-order valence-electron chi connectivity index (χ0n) is 27.1. The fourth-order valence-corrected chi connectivity index (χ4v) is 7.43. The lowest BCUT2D eigenvalue weighted by Crippen LogP contribution is -2.53. The Morgan fingerprint density at radius 2 is 1.72 bits per heavy atom. The maximum absolute atomic E-state index is 12.4. The number of rotatable bonds is 7. The quantitative estimate of drug-likeness (QED) is 0.381. The Hall–Kier alpha value is -3.90. The summed E-state index contributed by atoms with van der Waals surface area (Å²) in [6, 6.07) is 10.4. The molecule has 2 unspecified atom stereocenters. The number of ether oxygens (including phenoxy) is 2. The molecule has 12 nitrogen and oxygen atoms in total. The molecule has 2 bridgehead atoms. The summed E-state index contributed by atoms with van der Waals surface area (Å²) < 4.78 is 14.2. The molecule has 0 radical (unpaired) electrons. The maximum atomic E-state index is 12.4. The average Bonchev–Trinajstić information content (AvgIpc) is 3.54. The molecule has 3 N–H and O–H groups in total. The largest absolute Gasteiger partial charge is 0.507 e. The van der Waals surface area contributed by atoms with Gasteiger partial charge in [-0.2, -0.15) is 0 Å². The van der Waals surface area contributed by atoms with Crippen LogP contribution in [0.1, 0.15) is 71.0 Å². The van der Waals surface area contributed by atoms with E-state index in [9.17, 15) is 9.90 Å². The number of benzene rings is 1. The highest BCUT2D eigenvalue weighted by Gasteiger charge is 2.41. The predicted molar refractivity (Wildman–Crippen MR) is 174 cm³/mol. The van der Waals surface area contributed by atoms with Gasteiger partial charge in [0.1, 0.15) is 11.4 Å². The van der Waals surface area contributed by atoms with E-state index in [-0.39, 0.29) is 24.1 Å². The zero-order chi connectivity index (χ0) is 32.0. The molecule has 1 saturated carbocycles. The third-order valence-electron chi connectivity index (χ3n) is 9.93. The van der Waals surface area contributed by atoms with E-state index in [1.165, 1.54) is 0 Å². The number of hydrogen-bond acceptors (Lipinski definition) is 10. The molecule has 0 spiro atoms. The number of aromatic hydroxyl groups is 1. The van der Waals surface area contributed by atoms with Crippen molar-refractivity contribution >= 4 is 17.6 Å². The van der Waals surface area contributed by atoms with Gasteiger partial charge in [-0.1, -0.05) is 12.1 Å². The van der Waals surface area contributed by atoms with Crippen molar-refractivity contribution in [1.29, 1.82) is 0 Å². The Balaban J connectivity index is 0.895. The molecule has 2 aromatic heterocycles. The number of phenols is 1. The Morgan fingerprint density at radius 3 is 2.41 bits per heavy atom. The number of para-hydroxylation sites is 1. The van der Waals surface area contributed by atoms with E-state index in [1.807, 2.05) is 45.3 Å². The molecule has 7 rings (SSSR count). The van der Waals surface area contributed by atoms with Crippen LogP contribution in [0.3, 0.4) is 0 Å². The van der Waals surface area contributed by atoms with Crippen LogP contribution in [0.25, 0.3) is 11.3 Å². The first-order valence-corrected chi connectivity index (χ1v) is 16.7. The lowest BCUT2D eigenvalue weighted by Gasteiger charge is -2.42. The smallest absolute Gasteiger partial charge is 0.410 e. The number of carbonyl (C=O) groups excluding carboxylic acids is 1. The fraction of sp³-hybridized carbons (Fsp3) is 0.588. The van der Waals surface area contributed by atoms with Crippen LogP contribution in [0.5, 0.6) is 5.75 Å². The fourth-order valence-electron chi connectivity index (χ4n) is 7.43. The summed E-state index contributed by atoms with van der Waals surface area (Å²) in [5.41, 5.74) is 9.11. The number of nitrogen functional groups attached to an aromatic ring is 1. The molecule has 4 fully saturated rings. The van der Waals surface area contributed by atoms with Crippen LogP contribution in [0, 0.1) is 0 Å². The van der Waals surface area contributed by atoms with Crippen LogP contribution in [-0.4, -0.2) is 96.8 Å². The minimum absolute atomic E-state index is 0.180. The lowest BCUT2D eigenvalue weighted by molar-refractivity contribution is -0.0903.